The molecule has 0 bridgehead atoms. The van der Waals surface area contributed by atoms with Gasteiger partial charge in [-0.3, -0.25) is 0 Å². The first-order valence-electron chi connectivity index (χ1n) is 8.02. The van der Waals surface area contributed by atoms with Crippen LogP contribution >= 0.6 is 0 Å². The van der Waals surface area contributed by atoms with Crippen molar-refractivity contribution >= 4 is 5.82 Å². The second kappa shape index (κ2) is 6.60. The van der Waals surface area contributed by atoms with E-state index in [0.717, 1.165) is 55.3 Å². The lowest BCUT2D eigenvalue weighted by Crippen LogP contribution is -2.35. The lowest BCUT2D eigenvalue weighted by Gasteiger charge is -2.33. The number of anilines is 1. The molecule has 0 atom stereocenters. The van der Waals surface area contributed by atoms with Crippen molar-refractivity contribution in [3.8, 4) is 0 Å². The van der Waals surface area contributed by atoms with Crippen LogP contribution in [-0.2, 0) is 6.42 Å². The lowest BCUT2D eigenvalue weighted by molar-refractivity contribution is 0.400. The minimum Gasteiger partial charge on any atom is -0.356 e. The fourth-order valence-electron chi connectivity index (χ4n) is 3.23. The Balaban J connectivity index is 1.60. The van der Waals surface area contributed by atoms with E-state index < -0.39 is 11.6 Å². The fraction of sp³-hybridized carbons (Fsp3) is 0.444. The van der Waals surface area contributed by atoms with Crippen LogP contribution in [0.5, 0.6) is 0 Å². The minimum absolute atomic E-state index is 0.500. The van der Waals surface area contributed by atoms with Crippen molar-refractivity contribution in [3.05, 3.63) is 53.0 Å². The Morgan fingerprint density at radius 1 is 1.04 bits per heavy atom. The third kappa shape index (κ3) is 3.84. The van der Waals surface area contributed by atoms with Crippen LogP contribution in [0.1, 0.15) is 29.9 Å². The van der Waals surface area contributed by atoms with Crippen LogP contribution in [0, 0.1) is 31.4 Å². The SMILES string of the molecule is Cc1cc(N2CCC(Cc3ccc(F)c(F)c3)CC2)nc(C)n1. The summed E-state index contributed by atoms with van der Waals surface area (Å²) in [6, 6.07) is 6.23. The van der Waals surface area contributed by atoms with Crippen LogP contribution in [0.3, 0.4) is 0 Å². The van der Waals surface area contributed by atoms with Crippen LogP contribution in [0.25, 0.3) is 0 Å². The van der Waals surface area contributed by atoms with Crippen molar-refractivity contribution in [1.82, 2.24) is 9.97 Å². The molecule has 3 rings (SSSR count). The number of rotatable bonds is 3. The molecule has 0 N–H and O–H groups in total. The Bertz CT molecular complexity index is 674. The summed E-state index contributed by atoms with van der Waals surface area (Å²) in [5.74, 6) is 0.746. The average Bonchev–Trinajstić information content (AvgIpc) is 2.51. The molecule has 1 fully saturated rings. The van der Waals surface area contributed by atoms with Crippen molar-refractivity contribution in [1.29, 1.82) is 0 Å². The fourth-order valence-corrected chi connectivity index (χ4v) is 3.23. The summed E-state index contributed by atoms with van der Waals surface area (Å²) in [5, 5.41) is 0. The smallest absolute Gasteiger partial charge is 0.159 e. The van der Waals surface area contributed by atoms with Gasteiger partial charge in [-0.1, -0.05) is 6.07 Å². The topological polar surface area (TPSA) is 29.0 Å². The molecule has 1 saturated heterocycles. The third-order valence-corrected chi connectivity index (χ3v) is 4.40. The molecule has 2 heterocycles. The lowest BCUT2D eigenvalue weighted by atomic mass is 9.90. The molecule has 0 unspecified atom stereocenters. The van der Waals surface area contributed by atoms with Crippen molar-refractivity contribution < 1.29 is 8.78 Å². The largest absolute Gasteiger partial charge is 0.356 e. The van der Waals surface area contributed by atoms with E-state index in [-0.39, 0.29) is 0 Å². The molecule has 3 nitrogen and oxygen atoms in total. The number of piperidine rings is 1. The number of nitrogens with zero attached hydrogens (tertiary/aromatic N) is 3. The van der Waals surface area contributed by atoms with Gasteiger partial charge in [-0.25, -0.2) is 18.7 Å². The van der Waals surface area contributed by atoms with Gasteiger partial charge < -0.3 is 4.90 Å². The molecule has 0 amide bonds. The summed E-state index contributed by atoms with van der Waals surface area (Å²) >= 11 is 0. The maximum Gasteiger partial charge on any atom is 0.159 e. The minimum atomic E-state index is -0.780. The van der Waals surface area contributed by atoms with Crippen molar-refractivity contribution in [2.24, 2.45) is 5.92 Å². The Morgan fingerprint density at radius 2 is 1.78 bits per heavy atom. The second-order valence-corrected chi connectivity index (χ2v) is 6.30. The predicted molar refractivity (Wildman–Crippen MR) is 86.5 cm³/mol. The predicted octanol–water partition coefficient (Wildman–Crippen LogP) is 3.83. The number of benzene rings is 1. The van der Waals surface area contributed by atoms with Gasteiger partial charge in [0.05, 0.1) is 0 Å². The maximum absolute atomic E-state index is 13.3. The van der Waals surface area contributed by atoms with Crippen molar-refractivity contribution in [2.75, 3.05) is 18.0 Å². The zero-order valence-electron chi connectivity index (χ0n) is 13.5. The first kappa shape index (κ1) is 15.8. The zero-order valence-corrected chi connectivity index (χ0v) is 13.5. The second-order valence-electron chi connectivity index (χ2n) is 6.30. The van der Waals surface area contributed by atoms with Crippen molar-refractivity contribution in [2.45, 2.75) is 33.1 Å². The van der Waals surface area contributed by atoms with E-state index in [4.69, 9.17) is 0 Å². The first-order valence-corrected chi connectivity index (χ1v) is 8.02. The highest BCUT2D eigenvalue weighted by Crippen LogP contribution is 2.25. The van der Waals surface area contributed by atoms with E-state index in [1.54, 1.807) is 6.07 Å². The molecule has 1 aromatic carbocycles. The quantitative estimate of drug-likeness (QED) is 0.861. The number of aryl methyl sites for hydroxylation is 2. The van der Waals surface area contributed by atoms with E-state index in [0.29, 0.717) is 5.92 Å². The number of aromatic nitrogens is 2. The van der Waals surface area contributed by atoms with Gasteiger partial charge in [-0.2, -0.15) is 0 Å². The first-order chi connectivity index (χ1) is 11.0. The van der Waals surface area contributed by atoms with Gasteiger partial charge >= 0.3 is 0 Å². The van der Waals surface area contributed by atoms with E-state index in [9.17, 15) is 8.78 Å². The standard InChI is InChI=1S/C18H21F2N3/c1-12-9-18(22-13(2)21-12)23-7-5-14(6-8-23)10-15-3-4-16(19)17(20)11-15/h3-4,9,11,14H,5-8,10H2,1-2H3. The molecule has 122 valence electrons. The number of halogens is 2. The molecule has 0 aliphatic carbocycles. The van der Waals surface area contributed by atoms with Crippen molar-refractivity contribution in [3.63, 3.8) is 0 Å². The van der Waals surface area contributed by atoms with E-state index in [1.165, 1.54) is 12.1 Å². The summed E-state index contributed by atoms with van der Waals surface area (Å²) in [4.78, 5) is 11.1. The van der Waals surface area contributed by atoms with Crippen LogP contribution in [0.15, 0.2) is 24.3 Å². The highest BCUT2D eigenvalue weighted by atomic mass is 19.2. The van der Waals surface area contributed by atoms with Gasteiger partial charge in [0.15, 0.2) is 11.6 Å². The van der Waals surface area contributed by atoms with Crippen LogP contribution in [0.2, 0.25) is 0 Å². The van der Waals surface area contributed by atoms with Crippen LogP contribution in [0.4, 0.5) is 14.6 Å². The molecule has 0 saturated carbocycles. The van der Waals surface area contributed by atoms with Gasteiger partial charge in [0.25, 0.3) is 0 Å². The monoisotopic (exact) mass is 317 g/mol. The molecule has 1 aliphatic rings. The zero-order chi connectivity index (χ0) is 16.4. The number of hydrogen-bond donors (Lipinski definition) is 0. The van der Waals surface area contributed by atoms with Gasteiger partial charge in [-0.15, -0.1) is 0 Å². The van der Waals surface area contributed by atoms with Gasteiger partial charge in [0.2, 0.25) is 0 Å². The van der Waals surface area contributed by atoms with Gasteiger partial charge in [-0.05, 0) is 56.7 Å². The molecule has 1 aromatic heterocycles. The molecule has 0 radical (unpaired) electrons. The van der Waals surface area contributed by atoms with E-state index in [1.807, 2.05) is 19.9 Å². The highest BCUT2D eigenvalue weighted by Gasteiger charge is 2.21. The van der Waals surface area contributed by atoms with Crippen LogP contribution < -0.4 is 4.90 Å². The highest BCUT2D eigenvalue weighted by molar-refractivity contribution is 5.40. The summed E-state index contributed by atoms with van der Waals surface area (Å²) in [7, 11) is 0. The molecule has 1 aliphatic heterocycles. The molecule has 2 aromatic rings. The molecule has 0 spiro atoms. The summed E-state index contributed by atoms with van der Waals surface area (Å²) in [6.07, 6.45) is 2.86. The Labute approximate surface area is 135 Å². The molecular weight excluding hydrogens is 296 g/mol. The summed E-state index contributed by atoms with van der Waals surface area (Å²) < 4.78 is 26.3. The molecule has 23 heavy (non-hydrogen) atoms. The summed E-state index contributed by atoms with van der Waals surface area (Å²) in [5.41, 5.74) is 1.85. The van der Waals surface area contributed by atoms with Crippen LogP contribution in [-0.4, -0.2) is 23.1 Å². The average molecular weight is 317 g/mol. The Hall–Kier alpha value is -2.04. The van der Waals surface area contributed by atoms with Gasteiger partial charge in [0, 0.05) is 24.8 Å². The molecular formula is C18H21F2N3. The van der Waals surface area contributed by atoms with Gasteiger partial charge in [0.1, 0.15) is 11.6 Å². The number of hydrogen-bond acceptors (Lipinski definition) is 3. The van der Waals surface area contributed by atoms with E-state index >= 15 is 0 Å². The maximum atomic E-state index is 13.3. The third-order valence-electron chi connectivity index (χ3n) is 4.40. The Kier molecular flexibility index (Phi) is 4.55. The van der Waals surface area contributed by atoms with E-state index in [2.05, 4.69) is 14.9 Å². The normalized spacial score (nSPS) is 15.9. The molecule has 5 heteroatoms. The summed E-state index contributed by atoms with van der Waals surface area (Å²) in [6.45, 7) is 5.76. The Morgan fingerprint density at radius 3 is 2.43 bits per heavy atom.